The molecule has 0 aromatic heterocycles. The highest BCUT2D eigenvalue weighted by Crippen LogP contribution is 2.32. The summed E-state index contributed by atoms with van der Waals surface area (Å²) in [5.41, 5.74) is 3.82. The third-order valence-corrected chi connectivity index (χ3v) is 8.39. The zero-order valence-corrected chi connectivity index (χ0v) is 22.1. The Morgan fingerprint density at radius 3 is 1.76 bits per heavy atom. The van der Waals surface area contributed by atoms with Gasteiger partial charge in [-0.05, 0) is 108 Å². The second-order valence-electron chi connectivity index (χ2n) is 8.60. The number of benzene rings is 4. The van der Waals surface area contributed by atoms with E-state index in [0.717, 1.165) is 22.3 Å². The maximum atomic E-state index is 12.9. The summed E-state index contributed by atoms with van der Waals surface area (Å²) in [5, 5.41) is 0. The van der Waals surface area contributed by atoms with Crippen LogP contribution < -0.4 is 9.47 Å². The molecule has 1 N–H and O–H groups in total. The Labute approximate surface area is 217 Å². The molecule has 7 nitrogen and oxygen atoms in total. The Morgan fingerprint density at radius 1 is 0.676 bits per heavy atom. The summed E-state index contributed by atoms with van der Waals surface area (Å²) in [7, 11) is -6.31. The second kappa shape index (κ2) is 10.4. The molecule has 0 fully saturated rings. The van der Waals surface area contributed by atoms with Crippen LogP contribution in [0.4, 0.5) is 0 Å². The third-order valence-electron chi connectivity index (χ3n) is 5.93. The highest BCUT2D eigenvalue weighted by molar-refractivity contribution is 7.91. The molecule has 0 amide bonds. The number of ether oxygens (including phenoxy) is 2. The van der Waals surface area contributed by atoms with Crippen LogP contribution in [0.5, 0.6) is 17.2 Å². The van der Waals surface area contributed by atoms with E-state index in [2.05, 4.69) is 0 Å². The fourth-order valence-corrected chi connectivity index (χ4v) is 5.82. The van der Waals surface area contributed by atoms with Crippen molar-refractivity contribution < 1.29 is 30.9 Å². The van der Waals surface area contributed by atoms with E-state index in [1.165, 1.54) is 31.4 Å². The van der Waals surface area contributed by atoms with Crippen molar-refractivity contribution in [2.75, 3.05) is 7.11 Å². The van der Waals surface area contributed by atoms with Crippen LogP contribution in [0.25, 0.3) is 11.1 Å². The predicted octanol–water partition coefficient (Wildman–Crippen LogP) is 5.99. The van der Waals surface area contributed by atoms with Crippen LogP contribution in [0.1, 0.15) is 16.7 Å². The van der Waals surface area contributed by atoms with Crippen molar-refractivity contribution in [1.29, 1.82) is 0 Å². The Hall–Kier alpha value is -3.66. The van der Waals surface area contributed by atoms with Gasteiger partial charge in [-0.1, -0.05) is 18.2 Å². The largest absolute Gasteiger partial charge is 0.497 e. The lowest BCUT2D eigenvalue weighted by Crippen LogP contribution is -2.03. The molecule has 0 atom stereocenters. The molecule has 192 valence electrons. The van der Waals surface area contributed by atoms with Crippen molar-refractivity contribution >= 4 is 20.0 Å². The van der Waals surface area contributed by atoms with Crippen LogP contribution in [0.2, 0.25) is 0 Å². The fourth-order valence-electron chi connectivity index (χ4n) is 3.85. The van der Waals surface area contributed by atoms with Crippen LogP contribution in [0.3, 0.4) is 0 Å². The average Bonchev–Trinajstić information content (AvgIpc) is 2.86. The van der Waals surface area contributed by atoms with E-state index in [-0.39, 0.29) is 9.79 Å². The van der Waals surface area contributed by atoms with Crippen molar-refractivity contribution in [3.05, 3.63) is 102 Å². The van der Waals surface area contributed by atoms with Gasteiger partial charge in [0.2, 0.25) is 9.84 Å². The highest BCUT2D eigenvalue weighted by atomic mass is 32.2. The lowest BCUT2D eigenvalue weighted by Gasteiger charge is -2.13. The summed E-state index contributed by atoms with van der Waals surface area (Å²) >= 11 is 0. The average molecular weight is 539 g/mol. The minimum Gasteiger partial charge on any atom is -0.497 e. The summed E-state index contributed by atoms with van der Waals surface area (Å²) in [4.78, 5) is 0.321. The fraction of sp³-hybridized carbons (Fsp3) is 0.143. The van der Waals surface area contributed by atoms with Gasteiger partial charge in [0.25, 0.3) is 10.1 Å². The predicted molar refractivity (Wildman–Crippen MR) is 142 cm³/mol. The van der Waals surface area contributed by atoms with Gasteiger partial charge in [0, 0.05) is 0 Å². The normalized spacial score (nSPS) is 11.8. The summed E-state index contributed by atoms with van der Waals surface area (Å²) in [6, 6.07) is 23.4. The number of methoxy groups -OCH3 is 1. The summed E-state index contributed by atoms with van der Waals surface area (Å²) in [6.45, 7) is 3.68. The lowest BCUT2D eigenvalue weighted by atomic mass is 9.99. The summed E-state index contributed by atoms with van der Waals surface area (Å²) in [6.07, 6.45) is 0. The van der Waals surface area contributed by atoms with E-state index in [0.29, 0.717) is 22.8 Å². The first-order chi connectivity index (χ1) is 17.5. The molecule has 4 aromatic carbocycles. The molecule has 0 unspecified atom stereocenters. The molecule has 0 spiro atoms. The Morgan fingerprint density at radius 2 is 1.22 bits per heavy atom. The van der Waals surface area contributed by atoms with Gasteiger partial charge in [0.05, 0.1) is 16.9 Å². The monoisotopic (exact) mass is 538 g/mol. The van der Waals surface area contributed by atoms with Crippen molar-refractivity contribution in [2.24, 2.45) is 0 Å². The van der Waals surface area contributed by atoms with E-state index in [1.807, 2.05) is 31.2 Å². The van der Waals surface area contributed by atoms with E-state index in [9.17, 15) is 21.4 Å². The standard InChI is InChI=1S/C28H26O7S2/c1-19-4-5-22(17-23(19)18-36(29,30)31)21-6-15-28(20(2)16-21)35-25-9-13-27(14-10-25)37(32,33)26-11-7-24(34-3)8-12-26/h4-17H,18H2,1-3H3,(H,29,30,31). The molecule has 0 saturated carbocycles. The van der Waals surface area contributed by atoms with E-state index >= 15 is 0 Å². The molecule has 0 bridgehead atoms. The molecule has 37 heavy (non-hydrogen) atoms. The first-order valence-corrected chi connectivity index (χ1v) is 14.4. The minimum absolute atomic E-state index is 0.150. The lowest BCUT2D eigenvalue weighted by molar-refractivity contribution is 0.414. The Kier molecular flexibility index (Phi) is 7.40. The van der Waals surface area contributed by atoms with Crippen LogP contribution in [0, 0.1) is 13.8 Å². The molecule has 9 heteroatoms. The SMILES string of the molecule is COc1ccc(S(=O)(=O)c2ccc(Oc3ccc(-c4ccc(C)c(CS(=O)(=O)O)c4)cc3C)cc2)cc1. The van der Waals surface area contributed by atoms with E-state index in [4.69, 9.17) is 9.47 Å². The quantitative estimate of drug-likeness (QED) is 0.275. The van der Waals surface area contributed by atoms with Gasteiger partial charge in [-0.15, -0.1) is 0 Å². The van der Waals surface area contributed by atoms with Crippen molar-refractivity contribution in [3.8, 4) is 28.4 Å². The third kappa shape index (κ3) is 6.19. The maximum absolute atomic E-state index is 12.9. The molecule has 0 aliphatic carbocycles. The highest BCUT2D eigenvalue weighted by Gasteiger charge is 2.18. The molecular weight excluding hydrogens is 512 g/mol. The van der Waals surface area contributed by atoms with Crippen LogP contribution in [-0.2, 0) is 25.7 Å². The molecule has 0 radical (unpaired) electrons. The zero-order valence-electron chi connectivity index (χ0n) is 20.5. The van der Waals surface area contributed by atoms with E-state index in [1.54, 1.807) is 43.3 Å². The zero-order chi connectivity index (χ0) is 26.8. The first-order valence-electron chi connectivity index (χ1n) is 11.3. The Bertz CT molecular complexity index is 1640. The smallest absolute Gasteiger partial charge is 0.269 e. The van der Waals surface area contributed by atoms with Crippen molar-refractivity contribution in [3.63, 3.8) is 0 Å². The first kappa shape index (κ1) is 26.4. The summed E-state index contributed by atoms with van der Waals surface area (Å²) < 4.78 is 68.8. The number of hydrogen-bond donors (Lipinski definition) is 1. The van der Waals surface area contributed by atoms with Gasteiger partial charge in [-0.2, -0.15) is 8.42 Å². The number of rotatable bonds is 8. The van der Waals surface area contributed by atoms with Crippen molar-refractivity contribution in [1.82, 2.24) is 0 Å². The topological polar surface area (TPSA) is 107 Å². The van der Waals surface area contributed by atoms with Gasteiger partial charge in [-0.25, -0.2) is 8.42 Å². The van der Waals surface area contributed by atoms with E-state index < -0.39 is 25.7 Å². The van der Waals surface area contributed by atoms with Crippen LogP contribution in [-0.4, -0.2) is 28.5 Å². The van der Waals surface area contributed by atoms with Gasteiger partial charge in [-0.3, -0.25) is 4.55 Å². The van der Waals surface area contributed by atoms with Gasteiger partial charge < -0.3 is 9.47 Å². The second-order valence-corrected chi connectivity index (χ2v) is 12.0. The van der Waals surface area contributed by atoms with Crippen LogP contribution >= 0.6 is 0 Å². The molecular formula is C28H26O7S2. The van der Waals surface area contributed by atoms with Crippen LogP contribution in [0.15, 0.2) is 94.7 Å². The van der Waals surface area contributed by atoms with Crippen molar-refractivity contribution in [2.45, 2.75) is 29.4 Å². The van der Waals surface area contributed by atoms with Gasteiger partial charge >= 0.3 is 0 Å². The van der Waals surface area contributed by atoms with Gasteiger partial charge in [0.1, 0.15) is 23.0 Å². The minimum atomic E-state index is -4.14. The molecule has 0 aliphatic heterocycles. The number of aryl methyl sites for hydroxylation is 2. The molecule has 4 rings (SSSR count). The number of hydrogen-bond acceptors (Lipinski definition) is 6. The molecule has 4 aromatic rings. The molecule has 0 saturated heterocycles. The Balaban J connectivity index is 1.53. The maximum Gasteiger partial charge on any atom is 0.269 e. The summed E-state index contributed by atoms with van der Waals surface area (Å²) in [5.74, 6) is 1.21. The molecule has 0 aliphatic rings. The number of sulfone groups is 1. The molecule has 0 heterocycles. The van der Waals surface area contributed by atoms with Gasteiger partial charge in [0.15, 0.2) is 0 Å².